The van der Waals surface area contributed by atoms with Crippen LogP contribution >= 0.6 is 11.3 Å². The fraction of sp³-hybridized carbons (Fsp3) is 0.375. The number of hydrogen-bond acceptors (Lipinski definition) is 3. The first-order valence-electron chi connectivity index (χ1n) is 7.56. The molecule has 122 valence electrons. The maximum atomic E-state index is 13.6. The summed E-state index contributed by atoms with van der Waals surface area (Å²) in [6.07, 6.45) is 5.98. The third-order valence-electron chi connectivity index (χ3n) is 4.02. The van der Waals surface area contributed by atoms with Gasteiger partial charge in [-0.05, 0) is 30.9 Å². The fourth-order valence-electron chi connectivity index (χ4n) is 2.85. The Bertz CT molecular complexity index is 672. The number of rotatable bonds is 4. The predicted molar refractivity (Wildman–Crippen MR) is 86.8 cm³/mol. The van der Waals surface area contributed by atoms with Gasteiger partial charge in [0.1, 0.15) is 0 Å². The van der Waals surface area contributed by atoms with Crippen molar-refractivity contribution in [3.05, 3.63) is 41.4 Å². The molecule has 1 N–H and O–H groups in total. The largest absolute Gasteiger partial charge is 0.328 e. The van der Waals surface area contributed by atoms with Gasteiger partial charge in [0.15, 0.2) is 16.8 Å². The Kier molecular flexibility index (Phi) is 4.85. The van der Waals surface area contributed by atoms with Gasteiger partial charge < -0.3 is 0 Å². The summed E-state index contributed by atoms with van der Waals surface area (Å²) in [5.74, 6) is -1.50. The van der Waals surface area contributed by atoms with Gasteiger partial charge in [-0.2, -0.15) is 0 Å². The Morgan fingerprint density at radius 2 is 2.09 bits per heavy atom. The van der Waals surface area contributed by atoms with Crippen LogP contribution in [-0.2, 0) is 0 Å². The molecular formula is C16H17F2N3OS. The molecule has 1 aromatic heterocycles. The van der Waals surface area contributed by atoms with E-state index in [9.17, 15) is 13.6 Å². The number of nitrogens with zero attached hydrogens (tertiary/aromatic N) is 2. The molecule has 0 atom stereocenters. The van der Waals surface area contributed by atoms with Crippen molar-refractivity contribution in [3.63, 3.8) is 0 Å². The first-order chi connectivity index (χ1) is 11.1. The van der Waals surface area contributed by atoms with E-state index < -0.39 is 11.6 Å². The summed E-state index contributed by atoms with van der Waals surface area (Å²) in [5, 5.41) is 4.95. The molecule has 1 aliphatic rings. The molecule has 23 heavy (non-hydrogen) atoms. The number of halogens is 2. The van der Waals surface area contributed by atoms with Crippen LogP contribution in [0.4, 0.5) is 24.4 Å². The predicted octanol–water partition coefficient (Wildman–Crippen LogP) is 4.65. The van der Waals surface area contributed by atoms with Crippen molar-refractivity contribution in [3.8, 4) is 0 Å². The molecular weight excluding hydrogens is 320 g/mol. The molecule has 2 amide bonds. The first-order valence-corrected chi connectivity index (χ1v) is 8.44. The van der Waals surface area contributed by atoms with Crippen LogP contribution in [0.3, 0.4) is 0 Å². The number of thiazole rings is 1. The number of carbonyl (C=O) groups excluding carboxylic acids is 1. The number of hydrogen-bond donors (Lipinski definition) is 1. The van der Waals surface area contributed by atoms with Crippen LogP contribution in [0.5, 0.6) is 0 Å². The maximum Gasteiger partial charge on any atom is 0.328 e. The van der Waals surface area contributed by atoms with Crippen LogP contribution in [0, 0.1) is 17.6 Å². The van der Waals surface area contributed by atoms with E-state index in [0.29, 0.717) is 23.3 Å². The normalized spacial score (nSPS) is 14.9. The van der Waals surface area contributed by atoms with E-state index in [0.717, 1.165) is 37.8 Å². The summed E-state index contributed by atoms with van der Waals surface area (Å²) in [4.78, 5) is 18.1. The summed E-state index contributed by atoms with van der Waals surface area (Å²) >= 11 is 1.31. The maximum absolute atomic E-state index is 13.6. The fourth-order valence-corrected chi connectivity index (χ4v) is 3.37. The smallest absolute Gasteiger partial charge is 0.294 e. The van der Waals surface area contributed by atoms with Crippen molar-refractivity contribution in [2.45, 2.75) is 25.7 Å². The summed E-state index contributed by atoms with van der Waals surface area (Å²) in [7, 11) is 0. The molecule has 1 fully saturated rings. The Labute approximate surface area is 137 Å². The van der Waals surface area contributed by atoms with Crippen molar-refractivity contribution >= 4 is 28.2 Å². The van der Waals surface area contributed by atoms with Gasteiger partial charge in [0.25, 0.3) is 0 Å². The van der Waals surface area contributed by atoms with Crippen LogP contribution in [0.2, 0.25) is 0 Å². The molecule has 0 spiro atoms. The Morgan fingerprint density at radius 1 is 1.30 bits per heavy atom. The van der Waals surface area contributed by atoms with Gasteiger partial charge in [0.05, 0.1) is 0 Å². The Hall–Kier alpha value is -2.02. The van der Waals surface area contributed by atoms with Gasteiger partial charge in [-0.15, -0.1) is 11.3 Å². The standard InChI is InChI=1S/C16H17F2N3OS/c17-13-6-5-12(9-14(13)18)21(10-11-3-1-2-4-11)16(22)20-15-19-7-8-23-15/h5-9,11H,1-4,10H2,(H,19,20,22). The zero-order valence-corrected chi connectivity index (χ0v) is 13.3. The molecule has 7 heteroatoms. The van der Waals surface area contributed by atoms with E-state index in [1.54, 1.807) is 11.6 Å². The highest BCUT2D eigenvalue weighted by molar-refractivity contribution is 7.13. The molecule has 2 aromatic rings. The second kappa shape index (κ2) is 7.04. The molecule has 3 rings (SSSR count). The monoisotopic (exact) mass is 337 g/mol. The number of urea groups is 1. The summed E-state index contributed by atoms with van der Waals surface area (Å²) < 4.78 is 26.7. The second-order valence-electron chi connectivity index (χ2n) is 5.63. The number of nitrogens with one attached hydrogen (secondary N) is 1. The van der Waals surface area contributed by atoms with Crippen molar-refractivity contribution in [1.29, 1.82) is 0 Å². The van der Waals surface area contributed by atoms with E-state index in [1.807, 2.05) is 0 Å². The Morgan fingerprint density at radius 3 is 2.74 bits per heavy atom. The van der Waals surface area contributed by atoms with E-state index in [1.165, 1.54) is 22.3 Å². The third-order valence-corrected chi connectivity index (χ3v) is 4.71. The Balaban J connectivity index is 1.82. The molecule has 0 bridgehead atoms. The SMILES string of the molecule is O=C(Nc1nccs1)N(CC1CCCC1)c1ccc(F)c(F)c1. The lowest BCUT2D eigenvalue weighted by atomic mass is 10.1. The zero-order valence-electron chi connectivity index (χ0n) is 12.5. The van der Waals surface area contributed by atoms with Gasteiger partial charge in [0, 0.05) is 29.9 Å². The van der Waals surface area contributed by atoms with E-state index >= 15 is 0 Å². The lowest BCUT2D eigenvalue weighted by Crippen LogP contribution is -2.38. The summed E-state index contributed by atoms with van der Waals surface area (Å²) in [6, 6.07) is 3.15. The molecule has 1 aliphatic carbocycles. The summed E-state index contributed by atoms with van der Waals surface area (Å²) in [6.45, 7) is 0.488. The molecule has 4 nitrogen and oxygen atoms in total. The zero-order chi connectivity index (χ0) is 16.2. The van der Waals surface area contributed by atoms with Crippen LogP contribution in [0.15, 0.2) is 29.8 Å². The molecule has 0 saturated heterocycles. The van der Waals surface area contributed by atoms with Crippen LogP contribution < -0.4 is 10.2 Å². The number of aromatic nitrogens is 1. The van der Waals surface area contributed by atoms with Gasteiger partial charge >= 0.3 is 6.03 Å². The summed E-state index contributed by atoms with van der Waals surface area (Å²) in [5.41, 5.74) is 0.352. The first kappa shape index (κ1) is 15.9. The lowest BCUT2D eigenvalue weighted by Gasteiger charge is -2.25. The lowest BCUT2D eigenvalue weighted by molar-refractivity contribution is 0.255. The highest BCUT2D eigenvalue weighted by Gasteiger charge is 2.24. The third kappa shape index (κ3) is 3.85. The van der Waals surface area contributed by atoms with Gasteiger partial charge in [-0.25, -0.2) is 18.6 Å². The molecule has 0 radical (unpaired) electrons. The number of amides is 2. The molecule has 0 aliphatic heterocycles. The average molecular weight is 337 g/mol. The highest BCUT2D eigenvalue weighted by atomic mass is 32.1. The van der Waals surface area contributed by atoms with Gasteiger partial charge in [0.2, 0.25) is 0 Å². The number of anilines is 2. The topological polar surface area (TPSA) is 45.2 Å². The molecule has 1 aromatic carbocycles. The van der Waals surface area contributed by atoms with Crippen molar-refractivity contribution in [1.82, 2.24) is 4.98 Å². The van der Waals surface area contributed by atoms with E-state index in [-0.39, 0.29) is 6.03 Å². The minimum atomic E-state index is -0.957. The van der Waals surface area contributed by atoms with Crippen molar-refractivity contribution in [2.75, 3.05) is 16.8 Å². The van der Waals surface area contributed by atoms with Crippen LogP contribution in [-0.4, -0.2) is 17.6 Å². The average Bonchev–Trinajstić information content (AvgIpc) is 3.21. The minimum Gasteiger partial charge on any atom is -0.294 e. The van der Waals surface area contributed by atoms with Crippen molar-refractivity contribution < 1.29 is 13.6 Å². The second-order valence-corrected chi connectivity index (χ2v) is 6.52. The van der Waals surface area contributed by atoms with Crippen LogP contribution in [0.25, 0.3) is 0 Å². The number of benzene rings is 1. The molecule has 0 unspecified atom stereocenters. The molecule has 1 saturated carbocycles. The minimum absolute atomic E-state index is 0.352. The quantitative estimate of drug-likeness (QED) is 0.882. The molecule has 1 heterocycles. The van der Waals surface area contributed by atoms with Gasteiger partial charge in [-0.3, -0.25) is 10.2 Å². The van der Waals surface area contributed by atoms with E-state index in [2.05, 4.69) is 10.3 Å². The van der Waals surface area contributed by atoms with Crippen LogP contribution in [0.1, 0.15) is 25.7 Å². The number of carbonyl (C=O) groups is 1. The van der Waals surface area contributed by atoms with Gasteiger partial charge in [-0.1, -0.05) is 12.8 Å². The highest BCUT2D eigenvalue weighted by Crippen LogP contribution is 2.28. The van der Waals surface area contributed by atoms with Crippen molar-refractivity contribution in [2.24, 2.45) is 5.92 Å². The van der Waals surface area contributed by atoms with E-state index in [4.69, 9.17) is 0 Å².